The zero-order chi connectivity index (χ0) is 20.5. The van der Waals surface area contributed by atoms with E-state index in [9.17, 15) is 8.42 Å². The van der Waals surface area contributed by atoms with Gasteiger partial charge in [-0.25, -0.2) is 0 Å². The van der Waals surface area contributed by atoms with Crippen LogP contribution in [0.25, 0.3) is 0 Å². The van der Waals surface area contributed by atoms with Gasteiger partial charge in [0, 0.05) is 0 Å². The van der Waals surface area contributed by atoms with E-state index in [1.54, 1.807) is 6.92 Å². The third kappa shape index (κ3) is 6.03. The van der Waals surface area contributed by atoms with Gasteiger partial charge in [-0.1, -0.05) is 0 Å². The molecule has 27 heavy (non-hydrogen) atoms. The van der Waals surface area contributed by atoms with Gasteiger partial charge >= 0.3 is 173 Å². The van der Waals surface area contributed by atoms with Gasteiger partial charge in [0.25, 0.3) is 0 Å². The molecule has 0 heterocycles. The summed E-state index contributed by atoms with van der Waals surface area (Å²) in [6, 6.07) is 16.5. The van der Waals surface area contributed by atoms with Crippen LogP contribution in [0.15, 0.2) is 48.5 Å². The number of benzene rings is 2. The van der Waals surface area contributed by atoms with E-state index in [1.807, 2.05) is 24.3 Å². The van der Waals surface area contributed by atoms with Crippen molar-refractivity contribution in [1.82, 2.24) is 0 Å². The average molecular weight is 502 g/mol. The predicted molar refractivity (Wildman–Crippen MR) is 122 cm³/mol. The monoisotopic (exact) mass is 502 g/mol. The zero-order valence-corrected chi connectivity index (χ0v) is 20.3. The topological polar surface area (TPSA) is 43.4 Å². The van der Waals surface area contributed by atoms with Crippen molar-refractivity contribution in [3.05, 3.63) is 66.8 Å². The molecule has 0 N–H and O–H groups in total. The van der Waals surface area contributed by atoms with Crippen LogP contribution in [0.5, 0.6) is 0 Å². The molecule has 0 aromatic heterocycles. The molecule has 0 radical (unpaired) electrons. The van der Waals surface area contributed by atoms with E-state index in [0.717, 1.165) is 7.14 Å². The second kappa shape index (κ2) is 8.21. The van der Waals surface area contributed by atoms with Gasteiger partial charge < -0.3 is 0 Å². The van der Waals surface area contributed by atoms with Crippen LogP contribution in [0, 0.1) is 7.14 Å². The van der Waals surface area contributed by atoms with Crippen molar-refractivity contribution < 1.29 is 10.9 Å². The molecule has 0 saturated heterocycles. The molecule has 2 aromatic carbocycles. The summed E-state index contributed by atoms with van der Waals surface area (Å²) in [5.41, 5.74) is 2.57. The summed E-state index contributed by atoms with van der Waals surface area (Å²) in [4.78, 5) is 0. The summed E-state index contributed by atoms with van der Waals surface area (Å²) in [6.07, 6.45) is 0. The Morgan fingerprint density at radius 3 is 1.33 bits per heavy atom. The third-order valence-electron chi connectivity index (χ3n) is 4.33. The number of rotatable bonds is 5. The molecule has 0 bridgehead atoms. The zero-order valence-electron chi connectivity index (χ0n) is 17.3. The molecule has 0 saturated carbocycles. The SMILES string of the molecule is CCS(=O)(=O)OI(c1ccc(C(C)(C)C)cc1)c1ccc(C(C)(C)C)cc1. The van der Waals surface area contributed by atoms with Gasteiger partial charge in [-0.3, -0.25) is 0 Å². The van der Waals surface area contributed by atoms with E-state index in [0.29, 0.717) is 0 Å². The molecule has 150 valence electrons. The fourth-order valence-electron chi connectivity index (χ4n) is 2.47. The summed E-state index contributed by atoms with van der Waals surface area (Å²) >= 11 is -2.55. The molecule has 0 aliphatic rings. The Morgan fingerprint density at radius 1 is 0.741 bits per heavy atom. The van der Waals surface area contributed by atoms with Gasteiger partial charge in [-0.2, -0.15) is 0 Å². The first-order chi connectivity index (χ1) is 12.3. The predicted octanol–water partition coefficient (Wildman–Crippen LogP) is 6.11. The van der Waals surface area contributed by atoms with Crippen molar-refractivity contribution in [3.63, 3.8) is 0 Å². The number of hydrogen-bond donors (Lipinski definition) is 0. The molecule has 0 spiro atoms. The maximum atomic E-state index is 12.2. The van der Waals surface area contributed by atoms with Gasteiger partial charge in [-0.05, 0) is 0 Å². The molecule has 5 heteroatoms. The standard InChI is InChI=1S/C22H31IO3S/c1-8-27(24,25)26-23(19-13-9-17(10-14-19)21(2,3)4)20-15-11-18(12-16-20)22(5,6)7/h9-16H,8H2,1-7H3. The van der Waals surface area contributed by atoms with E-state index in [2.05, 4.69) is 65.8 Å². The first kappa shape index (κ1) is 22.4. The summed E-state index contributed by atoms with van der Waals surface area (Å²) < 4.78 is 32.2. The van der Waals surface area contributed by atoms with Crippen LogP contribution in [0.4, 0.5) is 0 Å². The molecular weight excluding hydrogens is 471 g/mol. The second-order valence-corrected chi connectivity index (χ2v) is 15.5. The van der Waals surface area contributed by atoms with Crippen LogP contribution in [0.1, 0.15) is 59.6 Å². The third-order valence-corrected chi connectivity index (χ3v) is 11.8. The summed E-state index contributed by atoms with van der Waals surface area (Å²) in [5, 5.41) is 0. The normalized spacial score (nSPS) is 13.5. The van der Waals surface area contributed by atoms with Gasteiger partial charge in [0.15, 0.2) is 0 Å². The fourth-order valence-corrected chi connectivity index (χ4v) is 9.29. The van der Waals surface area contributed by atoms with Gasteiger partial charge in [0.2, 0.25) is 0 Å². The van der Waals surface area contributed by atoms with Crippen LogP contribution in [0.2, 0.25) is 0 Å². The van der Waals surface area contributed by atoms with Crippen molar-refractivity contribution in [2.75, 3.05) is 5.75 Å². The second-order valence-electron chi connectivity index (χ2n) is 8.67. The Bertz CT molecular complexity index is 798. The van der Waals surface area contributed by atoms with Gasteiger partial charge in [0.1, 0.15) is 0 Å². The molecule has 2 rings (SSSR count). The minimum absolute atomic E-state index is 0.0128. The molecule has 3 nitrogen and oxygen atoms in total. The molecule has 0 fully saturated rings. The van der Waals surface area contributed by atoms with E-state index in [1.165, 1.54) is 11.1 Å². The summed E-state index contributed by atoms with van der Waals surface area (Å²) in [7, 11) is -3.52. The first-order valence-electron chi connectivity index (χ1n) is 9.17. The Hall–Kier alpha value is -0.920. The van der Waals surface area contributed by atoms with E-state index in [4.69, 9.17) is 2.51 Å². The summed E-state index contributed by atoms with van der Waals surface area (Å²) in [6.45, 7) is 14.6. The minimum atomic E-state index is -3.52. The average Bonchev–Trinajstić information content (AvgIpc) is 2.58. The summed E-state index contributed by atoms with van der Waals surface area (Å²) in [5.74, 6) is -0.0128. The molecule has 2 aromatic rings. The van der Waals surface area contributed by atoms with Crippen LogP contribution < -0.4 is 0 Å². The molecule has 0 unspecified atom stereocenters. The van der Waals surface area contributed by atoms with Crippen LogP contribution >= 0.6 is 20.2 Å². The van der Waals surface area contributed by atoms with Gasteiger partial charge in [0.05, 0.1) is 0 Å². The van der Waals surface area contributed by atoms with Crippen LogP contribution in [0.3, 0.4) is 0 Å². The van der Waals surface area contributed by atoms with Crippen molar-refractivity contribution in [2.45, 2.75) is 59.3 Å². The number of hydrogen-bond acceptors (Lipinski definition) is 3. The van der Waals surface area contributed by atoms with Crippen molar-refractivity contribution >= 4 is 30.4 Å². The molecule has 0 atom stereocenters. The van der Waals surface area contributed by atoms with Crippen molar-refractivity contribution in [1.29, 1.82) is 0 Å². The fraction of sp³-hybridized carbons (Fsp3) is 0.455. The van der Waals surface area contributed by atoms with E-state index in [-0.39, 0.29) is 16.6 Å². The number of halogens is 1. The van der Waals surface area contributed by atoms with E-state index >= 15 is 0 Å². The molecule has 0 amide bonds. The Balaban J connectivity index is 2.46. The molecule has 0 aliphatic carbocycles. The Labute approximate surface area is 172 Å². The quantitative estimate of drug-likeness (QED) is 0.464. The molecule has 0 aliphatic heterocycles. The Kier molecular flexibility index (Phi) is 6.80. The van der Waals surface area contributed by atoms with Gasteiger partial charge in [-0.15, -0.1) is 0 Å². The maximum absolute atomic E-state index is 12.2. The van der Waals surface area contributed by atoms with Crippen LogP contribution in [-0.2, 0) is 23.5 Å². The van der Waals surface area contributed by atoms with Crippen molar-refractivity contribution in [2.24, 2.45) is 0 Å². The molecular formula is C22H31IO3S. The van der Waals surface area contributed by atoms with Crippen LogP contribution in [-0.4, -0.2) is 14.2 Å². The first-order valence-corrected chi connectivity index (χ1v) is 13.8. The van der Waals surface area contributed by atoms with E-state index < -0.39 is 30.4 Å². The Morgan fingerprint density at radius 2 is 1.07 bits per heavy atom. The van der Waals surface area contributed by atoms with Crippen molar-refractivity contribution in [3.8, 4) is 0 Å².